The average Bonchev–Trinajstić information content (AvgIpc) is 2.42. The predicted molar refractivity (Wildman–Crippen MR) is 85.4 cm³/mol. The molecule has 0 aliphatic carbocycles. The van der Waals surface area contributed by atoms with Crippen LogP contribution >= 0.6 is 0 Å². The zero-order valence-corrected chi connectivity index (χ0v) is 14.9. The van der Waals surface area contributed by atoms with E-state index in [1.165, 1.54) is 41.9 Å². The van der Waals surface area contributed by atoms with Crippen molar-refractivity contribution < 1.29 is 0 Å². The van der Waals surface area contributed by atoms with Crippen molar-refractivity contribution in [1.29, 1.82) is 0 Å². The van der Waals surface area contributed by atoms with Crippen LogP contribution in [0.4, 0.5) is 0 Å². The van der Waals surface area contributed by atoms with Gasteiger partial charge in [-0.25, -0.2) is 0 Å². The molecule has 0 amide bonds. The number of benzene rings is 1. The Morgan fingerprint density at radius 1 is 1.00 bits per heavy atom. The fourth-order valence-electron chi connectivity index (χ4n) is 1.48. The maximum absolute atomic E-state index is 2.56. The van der Waals surface area contributed by atoms with E-state index >= 15 is 0 Å². The van der Waals surface area contributed by atoms with Crippen molar-refractivity contribution in [1.82, 2.24) is 0 Å². The van der Waals surface area contributed by atoms with Gasteiger partial charge < -0.3 is 0 Å². The third-order valence-corrected chi connectivity index (χ3v) is 7.75. The van der Waals surface area contributed by atoms with Crippen molar-refractivity contribution >= 4 is 34.4 Å². The van der Waals surface area contributed by atoms with Crippen LogP contribution in [0.3, 0.4) is 0 Å². The molecule has 0 saturated heterocycles. The number of rotatable bonds is 9. The van der Waals surface area contributed by atoms with E-state index in [4.69, 9.17) is 0 Å². The summed E-state index contributed by atoms with van der Waals surface area (Å²) < 4.78 is 1.65. The van der Waals surface area contributed by atoms with Gasteiger partial charge in [-0.3, -0.25) is 0 Å². The van der Waals surface area contributed by atoms with E-state index < -0.39 is 0 Å². The second-order valence-electron chi connectivity index (χ2n) is 4.27. The van der Waals surface area contributed by atoms with Gasteiger partial charge in [0.1, 0.15) is 0 Å². The Bertz CT molecular complexity index is 330. The zero-order chi connectivity index (χ0) is 13.1. The van der Waals surface area contributed by atoms with Crippen LogP contribution in [-0.4, -0.2) is 29.9 Å². The molecule has 0 bridgehead atoms. The molecule has 0 N–H and O–H groups in total. The SMILES string of the molecule is CCCC[Se]/C=C(\[Se]CCCC)c1ccccc1. The first-order chi connectivity index (χ1) is 8.88. The van der Waals surface area contributed by atoms with Gasteiger partial charge in [0.25, 0.3) is 0 Å². The van der Waals surface area contributed by atoms with E-state index in [2.05, 4.69) is 49.2 Å². The number of hydrogen-bond donors (Lipinski definition) is 0. The van der Waals surface area contributed by atoms with Crippen molar-refractivity contribution in [2.24, 2.45) is 0 Å². The van der Waals surface area contributed by atoms with Crippen LogP contribution < -0.4 is 0 Å². The molecule has 0 radical (unpaired) electrons. The topological polar surface area (TPSA) is 0 Å². The number of hydrogen-bond acceptors (Lipinski definition) is 0. The Labute approximate surface area is 125 Å². The predicted octanol–water partition coefficient (Wildman–Crippen LogP) is 4.83. The summed E-state index contributed by atoms with van der Waals surface area (Å²) >= 11 is 1.38. The van der Waals surface area contributed by atoms with E-state index in [9.17, 15) is 0 Å². The van der Waals surface area contributed by atoms with Crippen LogP contribution in [0.2, 0.25) is 10.6 Å². The first kappa shape index (κ1) is 16.1. The minimum atomic E-state index is 0.672. The van der Waals surface area contributed by atoms with Crippen LogP contribution in [0.25, 0.3) is 4.47 Å². The van der Waals surface area contributed by atoms with E-state index in [0.717, 1.165) is 0 Å². The van der Waals surface area contributed by atoms with Gasteiger partial charge in [0.2, 0.25) is 0 Å². The molecule has 100 valence electrons. The molecule has 0 heterocycles. The van der Waals surface area contributed by atoms with Gasteiger partial charge in [-0.2, -0.15) is 0 Å². The summed E-state index contributed by atoms with van der Waals surface area (Å²) in [5.41, 5.74) is 1.46. The Balaban J connectivity index is 2.57. The van der Waals surface area contributed by atoms with Gasteiger partial charge in [0, 0.05) is 0 Å². The molecule has 0 saturated carbocycles. The summed E-state index contributed by atoms with van der Waals surface area (Å²) in [5.74, 6) is 0. The standard InChI is InChI=1S/C16H24Se2/c1-3-5-12-17-14-16(18-13-6-4-2)15-10-8-7-9-11-15/h7-11,14H,3-6,12-13H2,1-2H3/b16-14-. The van der Waals surface area contributed by atoms with Crippen molar-refractivity contribution in [2.45, 2.75) is 50.2 Å². The van der Waals surface area contributed by atoms with Crippen molar-refractivity contribution in [3.63, 3.8) is 0 Å². The summed E-state index contributed by atoms with van der Waals surface area (Å²) in [7, 11) is 0. The van der Waals surface area contributed by atoms with Crippen LogP contribution in [0.1, 0.15) is 45.1 Å². The quantitative estimate of drug-likeness (QED) is 0.429. The van der Waals surface area contributed by atoms with Gasteiger partial charge in [-0.05, 0) is 0 Å². The summed E-state index contributed by atoms with van der Waals surface area (Å²) in [6.07, 6.45) is 5.43. The molecule has 0 nitrogen and oxygen atoms in total. The summed E-state index contributed by atoms with van der Waals surface area (Å²) in [6, 6.07) is 11.0. The second-order valence-corrected chi connectivity index (χ2v) is 8.71. The molecule has 0 atom stereocenters. The molecule has 0 aromatic heterocycles. The fourth-order valence-corrected chi connectivity index (χ4v) is 6.91. The van der Waals surface area contributed by atoms with Crippen molar-refractivity contribution in [3.05, 3.63) is 40.9 Å². The molecule has 18 heavy (non-hydrogen) atoms. The fraction of sp³-hybridized carbons (Fsp3) is 0.500. The Hall–Kier alpha value is -0.00104. The van der Waals surface area contributed by atoms with Gasteiger partial charge in [-0.15, -0.1) is 0 Å². The molecular weight excluding hydrogens is 350 g/mol. The summed E-state index contributed by atoms with van der Waals surface area (Å²) in [4.78, 5) is 2.56. The summed E-state index contributed by atoms with van der Waals surface area (Å²) in [6.45, 7) is 4.57. The molecular formula is C16H24Se2. The maximum atomic E-state index is 2.56. The van der Waals surface area contributed by atoms with E-state index in [1.54, 1.807) is 4.47 Å². The van der Waals surface area contributed by atoms with Crippen LogP contribution in [-0.2, 0) is 0 Å². The van der Waals surface area contributed by atoms with Crippen molar-refractivity contribution in [3.8, 4) is 0 Å². The normalized spacial score (nSPS) is 11.8. The Morgan fingerprint density at radius 2 is 1.67 bits per heavy atom. The van der Waals surface area contributed by atoms with E-state index in [0.29, 0.717) is 29.9 Å². The molecule has 0 spiro atoms. The molecule has 1 rings (SSSR count). The molecule has 2 heteroatoms. The monoisotopic (exact) mass is 376 g/mol. The summed E-state index contributed by atoms with van der Waals surface area (Å²) in [5, 5.41) is 2.80. The van der Waals surface area contributed by atoms with Crippen LogP contribution in [0.15, 0.2) is 35.3 Å². The Kier molecular flexibility index (Phi) is 9.70. The molecule has 1 aromatic rings. The first-order valence-corrected chi connectivity index (χ1v) is 11.1. The molecule has 0 unspecified atom stereocenters. The molecule has 0 aliphatic heterocycles. The molecule has 0 fully saturated rings. The average molecular weight is 374 g/mol. The van der Waals surface area contributed by atoms with Gasteiger partial charge in [0.05, 0.1) is 0 Å². The molecule has 1 aromatic carbocycles. The first-order valence-electron chi connectivity index (χ1n) is 6.88. The second kappa shape index (κ2) is 10.9. The molecule has 0 aliphatic rings. The van der Waals surface area contributed by atoms with Crippen LogP contribution in [0.5, 0.6) is 0 Å². The van der Waals surface area contributed by atoms with Crippen LogP contribution in [0, 0.1) is 0 Å². The van der Waals surface area contributed by atoms with Gasteiger partial charge >= 0.3 is 125 Å². The van der Waals surface area contributed by atoms with Gasteiger partial charge in [0.15, 0.2) is 0 Å². The van der Waals surface area contributed by atoms with Crippen molar-refractivity contribution in [2.75, 3.05) is 0 Å². The third-order valence-electron chi connectivity index (χ3n) is 2.62. The number of unbranched alkanes of at least 4 members (excludes halogenated alkanes) is 2. The zero-order valence-electron chi connectivity index (χ0n) is 11.5. The van der Waals surface area contributed by atoms with E-state index in [1.807, 2.05) is 0 Å². The Morgan fingerprint density at radius 3 is 2.33 bits per heavy atom. The minimum absolute atomic E-state index is 0.672. The van der Waals surface area contributed by atoms with Gasteiger partial charge in [-0.1, -0.05) is 0 Å². The van der Waals surface area contributed by atoms with E-state index in [-0.39, 0.29) is 0 Å². The third kappa shape index (κ3) is 6.80.